The van der Waals surface area contributed by atoms with E-state index in [2.05, 4.69) is 48.4 Å². The molecule has 3 rings (SSSR count). The fourth-order valence-electron chi connectivity index (χ4n) is 4.52. The molecule has 34 heavy (non-hydrogen) atoms. The maximum atomic E-state index is 11.6. The van der Waals surface area contributed by atoms with Crippen LogP contribution < -0.4 is 10.1 Å². The van der Waals surface area contributed by atoms with Gasteiger partial charge in [0.1, 0.15) is 18.8 Å². The lowest BCUT2D eigenvalue weighted by Gasteiger charge is -2.30. The average molecular weight is 466 g/mol. The van der Waals surface area contributed by atoms with Gasteiger partial charge in [0, 0.05) is 24.7 Å². The van der Waals surface area contributed by atoms with Gasteiger partial charge in [-0.2, -0.15) is 5.26 Å². The maximum absolute atomic E-state index is 11.6. The molecule has 0 amide bonds. The molecule has 182 valence electrons. The molecule has 1 aromatic heterocycles. The maximum Gasteiger partial charge on any atom is 0.306 e. The predicted octanol–water partition coefficient (Wildman–Crippen LogP) is 3.36. The minimum absolute atomic E-state index is 0.0373. The number of ether oxygens (including phenoxy) is 2. The van der Waals surface area contributed by atoms with Gasteiger partial charge in [0.25, 0.3) is 0 Å². The van der Waals surface area contributed by atoms with Crippen LogP contribution in [0.5, 0.6) is 5.75 Å². The molecule has 2 N–H and O–H groups in total. The summed E-state index contributed by atoms with van der Waals surface area (Å²) in [4.78, 5) is 15.7. The lowest BCUT2D eigenvalue weighted by molar-refractivity contribution is -0.143. The Labute approximate surface area is 202 Å². The van der Waals surface area contributed by atoms with Gasteiger partial charge in [-0.1, -0.05) is 24.3 Å². The molecule has 1 aliphatic rings. The number of aromatic nitrogens is 1. The Morgan fingerprint density at radius 1 is 1.32 bits per heavy atom. The number of pyridine rings is 1. The number of rotatable bonds is 12. The van der Waals surface area contributed by atoms with Gasteiger partial charge in [-0.3, -0.25) is 4.79 Å². The van der Waals surface area contributed by atoms with E-state index in [1.54, 1.807) is 19.2 Å². The SMILES string of the molecule is CCOC(=O)CCc1cnc(C#N)c(OC[C@@H](O)CNC(C)(C)CC2Cc3ccccc3C2)c1. The molecule has 0 bridgehead atoms. The third-order valence-electron chi connectivity index (χ3n) is 6.12. The summed E-state index contributed by atoms with van der Waals surface area (Å²) < 4.78 is 10.7. The van der Waals surface area contributed by atoms with E-state index in [0.717, 1.165) is 24.8 Å². The minimum Gasteiger partial charge on any atom is -0.488 e. The molecule has 1 atom stereocenters. The quantitative estimate of drug-likeness (QED) is 0.463. The highest BCUT2D eigenvalue weighted by atomic mass is 16.5. The van der Waals surface area contributed by atoms with E-state index in [4.69, 9.17) is 9.47 Å². The van der Waals surface area contributed by atoms with Crippen molar-refractivity contribution in [3.63, 3.8) is 0 Å². The minimum atomic E-state index is -0.741. The summed E-state index contributed by atoms with van der Waals surface area (Å²) in [6, 6.07) is 12.3. The highest BCUT2D eigenvalue weighted by Gasteiger charge is 2.28. The van der Waals surface area contributed by atoms with Crippen molar-refractivity contribution in [2.75, 3.05) is 19.8 Å². The van der Waals surface area contributed by atoms with E-state index in [1.807, 2.05) is 6.07 Å². The zero-order valence-corrected chi connectivity index (χ0v) is 20.3. The number of nitrogens with zero attached hydrogens (tertiary/aromatic N) is 2. The molecule has 2 aromatic rings. The molecule has 1 heterocycles. The summed E-state index contributed by atoms with van der Waals surface area (Å²) in [5.74, 6) is 0.626. The highest BCUT2D eigenvalue weighted by Crippen LogP contribution is 2.31. The predicted molar refractivity (Wildman–Crippen MR) is 129 cm³/mol. The van der Waals surface area contributed by atoms with E-state index in [1.165, 1.54) is 11.1 Å². The number of hydrogen-bond acceptors (Lipinski definition) is 7. The summed E-state index contributed by atoms with van der Waals surface area (Å²) in [7, 11) is 0. The number of β-amino-alcohol motifs (C(OH)–C–C–N with tert-alkyl or cyclic N) is 1. The lowest BCUT2D eigenvalue weighted by Crippen LogP contribution is -2.46. The van der Waals surface area contributed by atoms with Gasteiger partial charge in [-0.05, 0) is 75.1 Å². The first-order valence-electron chi connectivity index (χ1n) is 12.0. The zero-order chi connectivity index (χ0) is 24.6. The number of fused-ring (bicyclic) bond motifs is 1. The van der Waals surface area contributed by atoms with Crippen molar-refractivity contribution in [3.05, 3.63) is 58.9 Å². The summed E-state index contributed by atoms with van der Waals surface area (Å²) in [5.41, 5.74) is 3.70. The molecule has 0 saturated heterocycles. The number of esters is 1. The molecule has 1 aliphatic carbocycles. The lowest BCUT2D eigenvalue weighted by atomic mass is 9.88. The number of carbonyl (C=O) groups excluding carboxylic acids is 1. The second kappa shape index (κ2) is 12.0. The summed E-state index contributed by atoms with van der Waals surface area (Å²) in [5, 5.41) is 23.3. The van der Waals surface area contributed by atoms with Gasteiger partial charge in [0.05, 0.1) is 6.61 Å². The molecule has 7 nitrogen and oxygen atoms in total. The second-order valence-electron chi connectivity index (χ2n) is 9.58. The molecule has 0 spiro atoms. The van der Waals surface area contributed by atoms with Crippen LogP contribution in [0.15, 0.2) is 36.5 Å². The molecule has 0 aliphatic heterocycles. The topological polar surface area (TPSA) is 104 Å². The van der Waals surface area contributed by atoms with E-state index in [9.17, 15) is 15.2 Å². The van der Waals surface area contributed by atoms with Crippen LogP contribution in [0, 0.1) is 17.2 Å². The zero-order valence-electron chi connectivity index (χ0n) is 20.3. The number of hydrogen-bond donors (Lipinski definition) is 2. The monoisotopic (exact) mass is 465 g/mol. The Hall–Kier alpha value is -2.95. The van der Waals surface area contributed by atoms with Gasteiger partial charge >= 0.3 is 5.97 Å². The molecule has 0 unspecified atom stereocenters. The third-order valence-corrected chi connectivity index (χ3v) is 6.12. The largest absolute Gasteiger partial charge is 0.488 e. The highest BCUT2D eigenvalue weighted by molar-refractivity contribution is 5.69. The first-order chi connectivity index (χ1) is 16.3. The van der Waals surface area contributed by atoms with Crippen molar-refractivity contribution in [2.45, 2.75) is 64.5 Å². The van der Waals surface area contributed by atoms with Crippen LogP contribution in [0.2, 0.25) is 0 Å². The standard InChI is InChI=1S/C27H35N3O4/c1-4-33-26(32)10-9-19-13-25(24(15-28)29-16-19)34-18-23(31)17-30-27(2,3)14-20-11-21-7-5-6-8-22(21)12-20/h5-8,13,16,20,23,30-31H,4,9-12,14,17-18H2,1-3H3/t23-/m0/s1. The van der Waals surface area contributed by atoms with Crippen molar-refractivity contribution in [3.8, 4) is 11.8 Å². The van der Waals surface area contributed by atoms with Gasteiger partial charge in [-0.25, -0.2) is 4.98 Å². The number of nitrogens with one attached hydrogen (secondary N) is 1. The smallest absolute Gasteiger partial charge is 0.306 e. The Morgan fingerprint density at radius 3 is 2.68 bits per heavy atom. The normalized spacial score (nSPS) is 14.3. The van der Waals surface area contributed by atoms with Gasteiger partial charge in [-0.15, -0.1) is 0 Å². The number of nitriles is 1. The molecule has 0 radical (unpaired) electrons. The van der Waals surface area contributed by atoms with Gasteiger partial charge in [0.2, 0.25) is 0 Å². The fraction of sp³-hybridized carbons (Fsp3) is 0.519. The Bertz CT molecular complexity index is 990. The van der Waals surface area contributed by atoms with Crippen LogP contribution in [-0.4, -0.2) is 47.5 Å². The van der Waals surface area contributed by atoms with Gasteiger partial charge < -0.3 is 19.9 Å². The Balaban J connectivity index is 1.46. The Kier molecular flexibility index (Phi) is 9.03. The number of aliphatic hydroxyl groups is 1. The Morgan fingerprint density at radius 2 is 2.03 bits per heavy atom. The number of carbonyl (C=O) groups is 1. The number of benzene rings is 1. The van der Waals surface area contributed by atoms with Crippen LogP contribution in [0.1, 0.15) is 56.0 Å². The first-order valence-corrected chi connectivity index (χ1v) is 12.0. The van der Waals surface area contributed by atoms with Crippen LogP contribution in [0.3, 0.4) is 0 Å². The van der Waals surface area contributed by atoms with Crippen LogP contribution in [0.4, 0.5) is 0 Å². The van der Waals surface area contributed by atoms with E-state index in [-0.39, 0.29) is 30.2 Å². The average Bonchev–Trinajstić information content (AvgIpc) is 3.22. The van der Waals surface area contributed by atoms with Crippen molar-refractivity contribution >= 4 is 5.97 Å². The van der Waals surface area contributed by atoms with Crippen LogP contribution in [0.25, 0.3) is 0 Å². The van der Waals surface area contributed by atoms with Crippen LogP contribution in [-0.2, 0) is 28.8 Å². The number of aliphatic hydroxyl groups excluding tert-OH is 1. The van der Waals surface area contributed by atoms with E-state index < -0.39 is 6.10 Å². The second-order valence-corrected chi connectivity index (χ2v) is 9.58. The van der Waals surface area contributed by atoms with Gasteiger partial charge in [0.15, 0.2) is 11.4 Å². The molecule has 0 saturated carbocycles. The van der Waals surface area contributed by atoms with Crippen LogP contribution >= 0.6 is 0 Å². The molecular formula is C27H35N3O4. The molecule has 0 fully saturated rings. The summed E-state index contributed by atoms with van der Waals surface area (Å²) in [6.07, 6.45) is 4.71. The molecular weight excluding hydrogens is 430 g/mol. The molecule has 7 heteroatoms. The summed E-state index contributed by atoms with van der Waals surface area (Å²) >= 11 is 0. The third kappa shape index (κ3) is 7.54. The van der Waals surface area contributed by atoms with Crippen molar-refractivity contribution in [2.24, 2.45) is 5.92 Å². The summed E-state index contributed by atoms with van der Waals surface area (Å²) in [6.45, 7) is 6.85. The van der Waals surface area contributed by atoms with Crippen molar-refractivity contribution < 1.29 is 19.4 Å². The van der Waals surface area contributed by atoms with Crippen molar-refractivity contribution in [1.82, 2.24) is 10.3 Å². The first kappa shape index (κ1) is 25.7. The van der Waals surface area contributed by atoms with E-state index >= 15 is 0 Å². The van der Waals surface area contributed by atoms with Crippen molar-refractivity contribution in [1.29, 1.82) is 5.26 Å². The van der Waals surface area contributed by atoms with E-state index in [0.29, 0.717) is 31.2 Å². The molecule has 1 aromatic carbocycles. The number of aryl methyl sites for hydroxylation is 1. The fourth-order valence-corrected chi connectivity index (χ4v) is 4.52.